The van der Waals surface area contributed by atoms with Gasteiger partial charge in [-0.1, -0.05) is 176 Å². The highest BCUT2D eigenvalue weighted by molar-refractivity contribution is 6.16. The summed E-state index contributed by atoms with van der Waals surface area (Å²) in [5, 5.41) is 10.0. The Morgan fingerprint density at radius 2 is 0.408 bits per heavy atom. The predicted octanol–water partition coefficient (Wildman–Crippen LogP) is 19.1. The van der Waals surface area contributed by atoms with Crippen LogP contribution in [0.2, 0.25) is 0 Å². The van der Waals surface area contributed by atoms with Gasteiger partial charge in [-0.3, -0.25) is 0 Å². The molecule has 354 valence electrons. The molecular weight excluding hydrogens is 921 g/mol. The molecule has 0 fully saturated rings. The number of hydrogen-bond acceptors (Lipinski definition) is 0. The monoisotopic (exact) mass is 966 g/mol. The van der Waals surface area contributed by atoms with Crippen molar-refractivity contribution in [2.75, 3.05) is 0 Å². The molecule has 4 heteroatoms. The predicted molar refractivity (Wildman–Crippen MR) is 320 cm³/mol. The maximum atomic E-state index is 2.48. The van der Waals surface area contributed by atoms with Crippen LogP contribution in [0.4, 0.5) is 0 Å². The standard InChI is InChI=1S/C72H46N4/c1-8-22-65-56(15-1)57-16-2-9-23-66(57)73(65)52-37-29-47(30-38-52)48-31-41-55(42-32-48)76-71-28-14-7-21-62(71)64-46-51(49-33-39-53(40-34-49)74-67-24-10-3-17-58(67)59-18-4-11-25-68(59)74)45-63(72(64)76)50-35-43-54(44-36-50)75-69-26-12-5-19-60(69)61-20-6-13-27-70(61)75/h1-46H. The van der Waals surface area contributed by atoms with Gasteiger partial charge in [0.1, 0.15) is 0 Å². The van der Waals surface area contributed by atoms with Crippen LogP contribution in [0.5, 0.6) is 0 Å². The molecule has 0 N–H and O–H groups in total. The van der Waals surface area contributed by atoms with Gasteiger partial charge in [-0.15, -0.1) is 0 Å². The smallest absolute Gasteiger partial charge is 0.0619 e. The summed E-state index contributed by atoms with van der Waals surface area (Å²) in [7, 11) is 0. The van der Waals surface area contributed by atoms with Crippen molar-refractivity contribution in [3.8, 4) is 56.1 Å². The van der Waals surface area contributed by atoms with Crippen molar-refractivity contribution in [1.29, 1.82) is 0 Å². The van der Waals surface area contributed by atoms with Crippen molar-refractivity contribution in [1.82, 2.24) is 18.3 Å². The van der Waals surface area contributed by atoms with Crippen molar-refractivity contribution in [2.45, 2.75) is 0 Å². The Morgan fingerprint density at radius 1 is 0.171 bits per heavy atom. The molecule has 4 aromatic heterocycles. The summed E-state index contributed by atoms with van der Waals surface area (Å²) >= 11 is 0. The van der Waals surface area contributed by atoms with Crippen LogP contribution < -0.4 is 0 Å². The molecule has 0 aliphatic rings. The van der Waals surface area contributed by atoms with Crippen LogP contribution in [0.3, 0.4) is 0 Å². The van der Waals surface area contributed by atoms with E-state index < -0.39 is 0 Å². The second kappa shape index (κ2) is 16.7. The van der Waals surface area contributed by atoms with E-state index in [0.29, 0.717) is 0 Å². The van der Waals surface area contributed by atoms with Crippen LogP contribution in [0.25, 0.3) is 143 Å². The van der Waals surface area contributed by atoms with E-state index in [-0.39, 0.29) is 0 Å². The van der Waals surface area contributed by atoms with Crippen molar-refractivity contribution in [2.24, 2.45) is 0 Å². The molecule has 0 unspecified atom stereocenters. The summed E-state index contributed by atoms with van der Waals surface area (Å²) in [4.78, 5) is 0. The molecule has 0 aliphatic heterocycles. The Bertz CT molecular complexity index is 4790. The fourth-order valence-electron chi connectivity index (χ4n) is 12.6. The first-order valence-corrected chi connectivity index (χ1v) is 26.2. The molecule has 0 atom stereocenters. The molecule has 0 spiro atoms. The van der Waals surface area contributed by atoms with Gasteiger partial charge < -0.3 is 18.3 Å². The van der Waals surface area contributed by atoms with Crippen molar-refractivity contribution in [3.63, 3.8) is 0 Å². The minimum Gasteiger partial charge on any atom is -0.309 e. The molecule has 0 amide bonds. The first kappa shape index (κ1) is 42.4. The van der Waals surface area contributed by atoms with Crippen LogP contribution in [0.15, 0.2) is 279 Å². The molecule has 0 radical (unpaired) electrons. The van der Waals surface area contributed by atoms with Gasteiger partial charge in [-0.05, 0) is 131 Å². The average molecular weight is 967 g/mol. The third-order valence-electron chi connectivity index (χ3n) is 16.0. The van der Waals surface area contributed by atoms with Gasteiger partial charge >= 0.3 is 0 Å². The van der Waals surface area contributed by atoms with Gasteiger partial charge in [0.15, 0.2) is 0 Å². The molecule has 4 heterocycles. The zero-order chi connectivity index (χ0) is 49.8. The van der Waals surface area contributed by atoms with E-state index in [4.69, 9.17) is 0 Å². The number of para-hydroxylation sites is 7. The third kappa shape index (κ3) is 6.38. The molecule has 0 saturated carbocycles. The van der Waals surface area contributed by atoms with Gasteiger partial charge in [-0.2, -0.15) is 0 Å². The summed E-state index contributed by atoms with van der Waals surface area (Å²) < 4.78 is 9.65. The van der Waals surface area contributed by atoms with E-state index in [1.807, 2.05) is 0 Å². The topological polar surface area (TPSA) is 19.7 Å². The molecule has 16 rings (SSSR count). The second-order valence-electron chi connectivity index (χ2n) is 20.1. The normalized spacial score (nSPS) is 11.9. The van der Waals surface area contributed by atoms with E-state index in [9.17, 15) is 0 Å². The van der Waals surface area contributed by atoms with Gasteiger partial charge in [-0.25, -0.2) is 0 Å². The lowest BCUT2D eigenvalue weighted by molar-refractivity contribution is 1.17. The Balaban J connectivity index is 0.841. The first-order chi connectivity index (χ1) is 37.7. The summed E-state index contributed by atoms with van der Waals surface area (Å²) in [5.74, 6) is 0. The van der Waals surface area contributed by atoms with Gasteiger partial charge in [0.2, 0.25) is 0 Å². The molecule has 0 bridgehead atoms. The number of hydrogen-bond donors (Lipinski definition) is 0. The first-order valence-electron chi connectivity index (χ1n) is 26.2. The molecule has 4 nitrogen and oxygen atoms in total. The highest BCUT2D eigenvalue weighted by atomic mass is 15.0. The SMILES string of the molecule is c1ccc2c(c1)c1ccccc1n2-c1ccc(-c2ccc(-n3c4ccccc4c4cc(-c5ccc(-n6c7ccccc7c7ccccc76)cc5)cc(-c5ccc(-n6c7ccccc7c7ccccc76)cc5)c43)cc2)cc1. The number of aromatic nitrogens is 4. The highest BCUT2D eigenvalue weighted by Gasteiger charge is 2.21. The summed E-state index contributed by atoms with van der Waals surface area (Å²) in [6, 6.07) is 103. The van der Waals surface area contributed by atoms with E-state index >= 15 is 0 Å². The van der Waals surface area contributed by atoms with Crippen molar-refractivity contribution in [3.05, 3.63) is 279 Å². The number of benzene rings is 12. The van der Waals surface area contributed by atoms with Gasteiger partial charge in [0, 0.05) is 71.4 Å². The van der Waals surface area contributed by atoms with Gasteiger partial charge in [0.05, 0.1) is 44.1 Å². The minimum absolute atomic E-state index is 1.11. The third-order valence-corrected chi connectivity index (χ3v) is 16.0. The Hall–Kier alpha value is -10.2. The average Bonchev–Trinajstić information content (AvgIpc) is 4.33. The summed E-state index contributed by atoms with van der Waals surface area (Å²) in [5.41, 5.74) is 21.1. The Labute approximate surface area is 438 Å². The van der Waals surface area contributed by atoms with Crippen molar-refractivity contribution < 1.29 is 0 Å². The molecule has 12 aromatic carbocycles. The van der Waals surface area contributed by atoms with E-state index in [0.717, 1.165) is 28.3 Å². The van der Waals surface area contributed by atoms with Crippen molar-refractivity contribution >= 4 is 87.2 Å². The Kier molecular flexibility index (Phi) is 9.30. The lowest BCUT2D eigenvalue weighted by Crippen LogP contribution is -1.97. The van der Waals surface area contributed by atoms with Crippen LogP contribution in [0, 0.1) is 0 Å². The maximum Gasteiger partial charge on any atom is 0.0619 e. The molecule has 16 aromatic rings. The number of rotatable bonds is 7. The van der Waals surface area contributed by atoms with Gasteiger partial charge in [0.25, 0.3) is 0 Å². The Morgan fingerprint density at radius 3 is 0.724 bits per heavy atom. The minimum atomic E-state index is 1.11. The van der Waals surface area contributed by atoms with Crippen LogP contribution in [-0.2, 0) is 0 Å². The van der Waals surface area contributed by atoms with Crippen LogP contribution in [-0.4, -0.2) is 18.3 Å². The quantitative estimate of drug-likeness (QED) is 0.152. The molecular formula is C72H46N4. The maximum absolute atomic E-state index is 2.48. The van der Waals surface area contributed by atoms with E-state index in [1.165, 1.54) is 115 Å². The zero-order valence-corrected chi connectivity index (χ0v) is 41.3. The molecule has 0 saturated heterocycles. The lowest BCUT2D eigenvalue weighted by atomic mass is 9.95. The van der Waals surface area contributed by atoms with E-state index in [1.54, 1.807) is 0 Å². The fraction of sp³-hybridized carbons (Fsp3) is 0. The van der Waals surface area contributed by atoms with Crippen LogP contribution in [0.1, 0.15) is 0 Å². The number of nitrogens with zero attached hydrogens (tertiary/aromatic N) is 4. The highest BCUT2D eigenvalue weighted by Crippen LogP contribution is 2.43. The summed E-state index contributed by atoms with van der Waals surface area (Å²) in [6.07, 6.45) is 0. The second-order valence-corrected chi connectivity index (χ2v) is 20.1. The molecule has 76 heavy (non-hydrogen) atoms. The fourth-order valence-corrected chi connectivity index (χ4v) is 12.6. The number of fused-ring (bicyclic) bond motifs is 12. The molecule has 0 aliphatic carbocycles. The lowest BCUT2D eigenvalue weighted by Gasteiger charge is -2.16. The van der Waals surface area contributed by atoms with E-state index in [2.05, 4.69) is 297 Å². The zero-order valence-electron chi connectivity index (χ0n) is 41.3. The largest absolute Gasteiger partial charge is 0.309 e. The summed E-state index contributed by atoms with van der Waals surface area (Å²) in [6.45, 7) is 0. The van der Waals surface area contributed by atoms with Crippen LogP contribution >= 0.6 is 0 Å².